The van der Waals surface area contributed by atoms with Gasteiger partial charge in [-0.3, -0.25) is 14.7 Å². The number of nitrogens with one attached hydrogen (secondary N) is 1. The molecule has 0 aromatic carbocycles. The number of rotatable bonds is 6. The maximum atomic E-state index is 12.8. The molecule has 158 valence electrons. The monoisotopic (exact) mass is 419 g/mol. The van der Waals surface area contributed by atoms with Gasteiger partial charge in [0.15, 0.2) is 9.84 Å². The maximum absolute atomic E-state index is 12.8. The molecule has 2 saturated carbocycles. The molecule has 2 atom stereocenters. The molecule has 1 saturated heterocycles. The van der Waals surface area contributed by atoms with Crippen molar-refractivity contribution in [1.29, 1.82) is 0 Å². The van der Waals surface area contributed by atoms with Crippen LogP contribution in [-0.2, 0) is 14.6 Å². The van der Waals surface area contributed by atoms with Crippen LogP contribution in [-0.4, -0.2) is 79.1 Å². The molecule has 9 heteroatoms. The quantitative estimate of drug-likeness (QED) is 0.681. The van der Waals surface area contributed by atoms with Crippen LogP contribution < -0.4 is 5.32 Å². The van der Waals surface area contributed by atoms with Crippen LogP contribution in [0.1, 0.15) is 32.6 Å². The fourth-order valence-corrected chi connectivity index (χ4v) is 7.00. The summed E-state index contributed by atoms with van der Waals surface area (Å²) < 4.78 is 25.5. The molecule has 8 nitrogen and oxygen atoms in total. The van der Waals surface area contributed by atoms with Gasteiger partial charge in [-0.1, -0.05) is 6.08 Å². The van der Waals surface area contributed by atoms with Crippen molar-refractivity contribution in [3.8, 4) is 0 Å². The van der Waals surface area contributed by atoms with Gasteiger partial charge in [-0.05, 0) is 51.8 Å². The van der Waals surface area contributed by atoms with Gasteiger partial charge < -0.3 is 10.2 Å². The number of amides is 1. The molecule has 3 fully saturated rings. The molecule has 2 unspecified atom stereocenters. The number of hydrogen-bond donors (Lipinski definition) is 1. The minimum atomic E-state index is -3.14. The van der Waals surface area contributed by atoms with Crippen LogP contribution in [0.3, 0.4) is 0 Å². The Morgan fingerprint density at radius 3 is 2.76 bits per heavy atom. The molecular weight excluding hydrogens is 390 g/mol. The Bertz CT molecular complexity index is 897. The first-order valence-electron chi connectivity index (χ1n) is 10.6. The summed E-state index contributed by atoms with van der Waals surface area (Å²) in [5.41, 5.74) is -0.400. The van der Waals surface area contributed by atoms with Crippen LogP contribution in [0.2, 0.25) is 0 Å². The minimum absolute atomic E-state index is 0.102. The lowest BCUT2D eigenvalue weighted by molar-refractivity contribution is -0.135. The first kappa shape index (κ1) is 19.2. The van der Waals surface area contributed by atoms with Gasteiger partial charge in [0, 0.05) is 25.0 Å². The highest BCUT2D eigenvalue weighted by Gasteiger charge is 2.49. The van der Waals surface area contributed by atoms with E-state index in [-0.39, 0.29) is 34.7 Å². The minimum Gasteiger partial charge on any atom is -0.350 e. The van der Waals surface area contributed by atoms with Crippen LogP contribution in [0.5, 0.6) is 0 Å². The number of carbonyl (C=O) groups is 1. The standard InChI is InChI=1S/C20H29N5O3S/c1-20(17-5-6-21-18(17)22-12-23-20)24(2)15-7-13(8-15)11-29(27,28)16-9-25(10-16)19(26)14-3-4-14/h5-6,12-17H,3-4,7-11H2,1-2H3,(H,21,22,23)/t13-,15+,17?,20?. The molecule has 29 heavy (non-hydrogen) atoms. The van der Waals surface area contributed by atoms with E-state index in [1.165, 1.54) is 0 Å². The third-order valence-electron chi connectivity index (χ3n) is 7.45. The van der Waals surface area contributed by atoms with Gasteiger partial charge in [-0.25, -0.2) is 13.4 Å². The highest BCUT2D eigenvalue weighted by atomic mass is 32.2. The SMILES string of the molecule is CN([C@H]1C[C@@H](CS(=O)(=O)C2CN(C(=O)C3CC3)C2)C1)C1(C)N=CN=C2NC=CC21. The van der Waals surface area contributed by atoms with Crippen molar-refractivity contribution in [3.05, 3.63) is 12.3 Å². The largest absolute Gasteiger partial charge is 0.350 e. The predicted molar refractivity (Wildman–Crippen MR) is 111 cm³/mol. The average Bonchev–Trinajstić information content (AvgIpc) is 3.33. The summed E-state index contributed by atoms with van der Waals surface area (Å²) in [7, 11) is -1.06. The molecule has 0 radical (unpaired) electrons. The molecule has 3 aliphatic heterocycles. The van der Waals surface area contributed by atoms with Gasteiger partial charge in [-0.2, -0.15) is 0 Å². The summed E-state index contributed by atoms with van der Waals surface area (Å²) >= 11 is 0. The fraction of sp³-hybridized carbons (Fsp3) is 0.750. The number of carbonyl (C=O) groups excluding carboxylic acids is 1. The summed E-state index contributed by atoms with van der Waals surface area (Å²) in [6, 6.07) is 0.319. The van der Waals surface area contributed by atoms with Crippen molar-refractivity contribution in [1.82, 2.24) is 15.1 Å². The molecule has 3 heterocycles. The highest BCUT2D eigenvalue weighted by molar-refractivity contribution is 7.92. The van der Waals surface area contributed by atoms with Crippen molar-refractivity contribution < 1.29 is 13.2 Å². The molecule has 5 aliphatic rings. The lowest BCUT2D eigenvalue weighted by atomic mass is 9.78. The smallest absolute Gasteiger partial charge is 0.225 e. The molecule has 0 aromatic heterocycles. The number of likely N-dealkylation sites (tertiary alicyclic amines) is 1. The van der Waals surface area contributed by atoms with E-state index >= 15 is 0 Å². The summed E-state index contributed by atoms with van der Waals surface area (Å²) in [5, 5.41) is 2.81. The molecule has 0 aromatic rings. The van der Waals surface area contributed by atoms with E-state index in [0.29, 0.717) is 19.1 Å². The van der Waals surface area contributed by atoms with E-state index in [1.54, 1.807) is 11.2 Å². The lowest BCUT2D eigenvalue weighted by Gasteiger charge is -2.50. The van der Waals surface area contributed by atoms with E-state index in [1.807, 2.05) is 6.20 Å². The average molecular weight is 420 g/mol. The topological polar surface area (TPSA) is 94.4 Å². The van der Waals surface area contributed by atoms with E-state index in [0.717, 1.165) is 31.5 Å². The van der Waals surface area contributed by atoms with Gasteiger partial charge in [0.05, 0.1) is 16.9 Å². The maximum Gasteiger partial charge on any atom is 0.225 e. The number of nitrogens with zero attached hydrogens (tertiary/aromatic N) is 4. The van der Waals surface area contributed by atoms with Crippen LogP contribution in [0, 0.1) is 17.8 Å². The normalized spacial score (nSPS) is 36.3. The van der Waals surface area contributed by atoms with E-state index < -0.39 is 15.5 Å². The molecule has 1 amide bonds. The van der Waals surface area contributed by atoms with Gasteiger partial charge in [-0.15, -0.1) is 0 Å². The summed E-state index contributed by atoms with van der Waals surface area (Å²) in [5.74, 6) is 1.78. The number of hydrogen-bond acceptors (Lipinski definition) is 7. The van der Waals surface area contributed by atoms with Gasteiger partial charge >= 0.3 is 0 Å². The molecule has 0 bridgehead atoms. The first-order valence-corrected chi connectivity index (χ1v) is 12.3. The van der Waals surface area contributed by atoms with Crippen LogP contribution >= 0.6 is 0 Å². The lowest BCUT2D eigenvalue weighted by Crippen LogP contribution is -2.60. The molecule has 0 spiro atoms. The summed E-state index contributed by atoms with van der Waals surface area (Å²) in [4.78, 5) is 25.0. The highest BCUT2D eigenvalue weighted by Crippen LogP contribution is 2.41. The second-order valence-electron chi connectivity index (χ2n) is 9.41. The molecule has 1 N–H and O–H groups in total. The van der Waals surface area contributed by atoms with Crippen LogP contribution in [0.25, 0.3) is 0 Å². The number of sulfone groups is 1. The van der Waals surface area contributed by atoms with Gasteiger partial charge in [0.25, 0.3) is 0 Å². The van der Waals surface area contributed by atoms with Crippen LogP contribution in [0.15, 0.2) is 22.3 Å². The van der Waals surface area contributed by atoms with Crippen molar-refractivity contribution in [2.24, 2.45) is 27.7 Å². The Morgan fingerprint density at radius 1 is 1.34 bits per heavy atom. The Balaban J connectivity index is 1.13. The third-order valence-corrected chi connectivity index (χ3v) is 9.70. The zero-order valence-corrected chi connectivity index (χ0v) is 17.8. The molecule has 5 rings (SSSR count). The number of fused-ring (bicyclic) bond motifs is 1. The summed E-state index contributed by atoms with van der Waals surface area (Å²) in [6.07, 6.45) is 9.30. The van der Waals surface area contributed by atoms with E-state index in [4.69, 9.17) is 0 Å². The molecule has 2 aliphatic carbocycles. The Morgan fingerprint density at radius 2 is 2.07 bits per heavy atom. The third kappa shape index (κ3) is 3.22. The second kappa shape index (κ2) is 6.63. The van der Waals surface area contributed by atoms with Crippen molar-refractivity contribution in [2.75, 3.05) is 25.9 Å². The summed E-state index contributed by atoms with van der Waals surface area (Å²) in [6.45, 7) is 2.90. The fourth-order valence-electron chi connectivity index (χ4n) is 4.99. The first-order chi connectivity index (χ1) is 13.8. The van der Waals surface area contributed by atoms with Crippen molar-refractivity contribution in [2.45, 2.75) is 49.6 Å². The van der Waals surface area contributed by atoms with Crippen molar-refractivity contribution >= 4 is 27.9 Å². The predicted octanol–water partition coefficient (Wildman–Crippen LogP) is 0.622. The van der Waals surface area contributed by atoms with E-state index in [2.05, 4.69) is 40.2 Å². The van der Waals surface area contributed by atoms with E-state index in [9.17, 15) is 13.2 Å². The number of aliphatic imine (C=N–C) groups is 2. The molecular formula is C20H29N5O3S. The Labute approximate surface area is 172 Å². The number of amidine groups is 1. The zero-order valence-electron chi connectivity index (χ0n) is 17.0. The van der Waals surface area contributed by atoms with Gasteiger partial charge in [0.2, 0.25) is 5.91 Å². The Kier molecular flexibility index (Phi) is 4.40. The second-order valence-corrected chi connectivity index (χ2v) is 11.7. The van der Waals surface area contributed by atoms with Crippen LogP contribution in [0.4, 0.5) is 0 Å². The van der Waals surface area contributed by atoms with Crippen molar-refractivity contribution in [3.63, 3.8) is 0 Å². The van der Waals surface area contributed by atoms with Gasteiger partial charge in [0.1, 0.15) is 17.8 Å². The Hall–Kier alpha value is -1.74. The zero-order chi connectivity index (χ0) is 20.4.